The van der Waals surface area contributed by atoms with Gasteiger partial charge in [0, 0.05) is 12.3 Å². The molecule has 0 heterocycles. The lowest BCUT2D eigenvalue weighted by molar-refractivity contribution is -0.128. The second kappa shape index (κ2) is 5.21. The standard InChI is InChI=1S/C14H18N2O2/c1-9-2-4-10(5-3-9)8-12(13(15)17)16-14(18)11-6-7-11/h2-5,11-12H,6-8H2,1H3,(H2,15,17)(H,16,18)/t12-/m1/s1. The van der Waals surface area contributed by atoms with Gasteiger partial charge in [0.15, 0.2) is 0 Å². The van der Waals surface area contributed by atoms with Gasteiger partial charge in [-0.25, -0.2) is 0 Å². The SMILES string of the molecule is Cc1ccc(C[C@@H](NC(=O)C2CC2)C(N)=O)cc1. The molecule has 1 fully saturated rings. The summed E-state index contributed by atoms with van der Waals surface area (Å²) in [4.78, 5) is 23.0. The van der Waals surface area contributed by atoms with Gasteiger partial charge in [-0.2, -0.15) is 0 Å². The van der Waals surface area contributed by atoms with Crippen LogP contribution in [0.4, 0.5) is 0 Å². The van der Waals surface area contributed by atoms with Crippen LogP contribution in [-0.2, 0) is 16.0 Å². The van der Waals surface area contributed by atoms with E-state index in [0.717, 1.165) is 24.0 Å². The quantitative estimate of drug-likeness (QED) is 0.810. The molecule has 0 aromatic heterocycles. The maximum absolute atomic E-state index is 11.6. The van der Waals surface area contributed by atoms with Crippen molar-refractivity contribution in [3.63, 3.8) is 0 Å². The zero-order valence-electron chi connectivity index (χ0n) is 10.5. The van der Waals surface area contributed by atoms with Crippen molar-refractivity contribution in [2.75, 3.05) is 0 Å². The Bertz CT molecular complexity index is 449. The summed E-state index contributed by atoms with van der Waals surface area (Å²) in [6.45, 7) is 2.00. The van der Waals surface area contributed by atoms with E-state index in [-0.39, 0.29) is 11.8 Å². The molecule has 0 aliphatic heterocycles. The molecule has 3 N–H and O–H groups in total. The van der Waals surface area contributed by atoms with Crippen LogP contribution in [0.5, 0.6) is 0 Å². The highest BCUT2D eigenvalue weighted by Crippen LogP contribution is 2.28. The van der Waals surface area contributed by atoms with E-state index in [4.69, 9.17) is 5.73 Å². The Hall–Kier alpha value is -1.84. The molecule has 0 radical (unpaired) electrons. The van der Waals surface area contributed by atoms with E-state index in [9.17, 15) is 9.59 Å². The summed E-state index contributed by atoms with van der Waals surface area (Å²) in [7, 11) is 0. The van der Waals surface area contributed by atoms with Crippen molar-refractivity contribution in [3.05, 3.63) is 35.4 Å². The average Bonchev–Trinajstić information content (AvgIpc) is 3.14. The van der Waals surface area contributed by atoms with Gasteiger partial charge in [0.2, 0.25) is 11.8 Å². The third-order valence-electron chi connectivity index (χ3n) is 3.17. The van der Waals surface area contributed by atoms with E-state index in [1.165, 1.54) is 0 Å². The normalized spacial score (nSPS) is 16.1. The molecule has 2 amide bonds. The van der Waals surface area contributed by atoms with Gasteiger partial charge in [0.1, 0.15) is 6.04 Å². The van der Waals surface area contributed by atoms with Gasteiger partial charge in [-0.3, -0.25) is 9.59 Å². The Labute approximate surface area is 107 Å². The zero-order chi connectivity index (χ0) is 13.1. The molecule has 1 aromatic rings. The number of carbonyl (C=O) groups excluding carboxylic acids is 2. The molecule has 0 spiro atoms. The van der Waals surface area contributed by atoms with Crippen LogP contribution in [0.15, 0.2) is 24.3 Å². The number of nitrogens with one attached hydrogen (secondary N) is 1. The third kappa shape index (κ3) is 3.32. The second-order valence-corrected chi connectivity index (χ2v) is 4.93. The molecular formula is C14H18N2O2. The number of carbonyl (C=O) groups is 2. The van der Waals surface area contributed by atoms with Crippen molar-refractivity contribution in [2.45, 2.75) is 32.2 Å². The fourth-order valence-electron chi connectivity index (χ4n) is 1.82. The molecule has 1 aliphatic carbocycles. The molecule has 0 saturated heterocycles. The zero-order valence-corrected chi connectivity index (χ0v) is 10.5. The van der Waals surface area contributed by atoms with E-state index in [1.807, 2.05) is 31.2 Å². The Kier molecular flexibility index (Phi) is 3.65. The Balaban J connectivity index is 1.99. The summed E-state index contributed by atoms with van der Waals surface area (Å²) in [6.07, 6.45) is 2.29. The molecule has 1 saturated carbocycles. The summed E-state index contributed by atoms with van der Waals surface area (Å²) in [5.41, 5.74) is 7.49. The van der Waals surface area contributed by atoms with Gasteiger partial charge in [0.25, 0.3) is 0 Å². The maximum atomic E-state index is 11.6. The van der Waals surface area contributed by atoms with Gasteiger partial charge in [0.05, 0.1) is 0 Å². The first-order chi connectivity index (χ1) is 8.56. The molecule has 0 unspecified atom stereocenters. The van der Waals surface area contributed by atoms with Gasteiger partial charge in [-0.15, -0.1) is 0 Å². The monoisotopic (exact) mass is 246 g/mol. The molecule has 4 heteroatoms. The van der Waals surface area contributed by atoms with E-state index in [2.05, 4.69) is 5.32 Å². The first-order valence-electron chi connectivity index (χ1n) is 6.21. The molecule has 0 bridgehead atoms. The highest BCUT2D eigenvalue weighted by molar-refractivity contribution is 5.88. The maximum Gasteiger partial charge on any atom is 0.240 e. The highest BCUT2D eigenvalue weighted by Gasteiger charge is 2.32. The molecule has 96 valence electrons. The van der Waals surface area contributed by atoms with Gasteiger partial charge in [-0.1, -0.05) is 29.8 Å². The Morgan fingerprint density at radius 3 is 2.44 bits per heavy atom. The first kappa shape index (κ1) is 12.6. The number of hydrogen-bond donors (Lipinski definition) is 2. The minimum Gasteiger partial charge on any atom is -0.368 e. The largest absolute Gasteiger partial charge is 0.368 e. The number of aryl methyl sites for hydroxylation is 1. The number of primary amides is 1. The van der Waals surface area contributed by atoms with Crippen molar-refractivity contribution in [1.82, 2.24) is 5.32 Å². The van der Waals surface area contributed by atoms with E-state index < -0.39 is 11.9 Å². The lowest BCUT2D eigenvalue weighted by Crippen LogP contribution is -2.46. The predicted molar refractivity (Wildman–Crippen MR) is 68.7 cm³/mol. The van der Waals surface area contributed by atoms with Gasteiger partial charge in [-0.05, 0) is 25.3 Å². The Morgan fingerprint density at radius 1 is 1.33 bits per heavy atom. The molecule has 4 nitrogen and oxygen atoms in total. The number of nitrogens with two attached hydrogens (primary N) is 1. The highest BCUT2D eigenvalue weighted by atomic mass is 16.2. The predicted octanol–water partition coefficient (Wildman–Crippen LogP) is 0.918. The van der Waals surface area contributed by atoms with Crippen LogP contribution in [0.2, 0.25) is 0 Å². The van der Waals surface area contributed by atoms with Crippen LogP contribution in [0, 0.1) is 12.8 Å². The summed E-state index contributed by atoms with van der Waals surface area (Å²) in [5, 5.41) is 2.73. The van der Waals surface area contributed by atoms with E-state index in [1.54, 1.807) is 0 Å². The molecule has 1 atom stereocenters. The van der Waals surface area contributed by atoms with Crippen molar-refractivity contribution in [1.29, 1.82) is 0 Å². The third-order valence-corrected chi connectivity index (χ3v) is 3.17. The minimum absolute atomic E-state index is 0.0501. The fourth-order valence-corrected chi connectivity index (χ4v) is 1.82. The van der Waals surface area contributed by atoms with Crippen LogP contribution >= 0.6 is 0 Å². The van der Waals surface area contributed by atoms with Crippen molar-refractivity contribution in [2.24, 2.45) is 11.7 Å². The molecule has 18 heavy (non-hydrogen) atoms. The van der Waals surface area contributed by atoms with E-state index in [0.29, 0.717) is 6.42 Å². The van der Waals surface area contributed by atoms with Crippen LogP contribution in [0.3, 0.4) is 0 Å². The Morgan fingerprint density at radius 2 is 1.94 bits per heavy atom. The van der Waals surface area contributed by atoms with Crippen LogP contribution < -0.4 is 11.1 Å². The van der Waals surface area contributed by atoms with Crippen LogP contribution in [0.25, 0.3) is 0 Å². The fraction of sp³-hybridized carbons (Fsp3) is 0.429. The summed E-state index contributed by atoms with van der Waals surface area (Å²) >= 11 is 0. The lowest BCUT2D eigenvalue weighted by atomic mass is 10.0. The minimum atomic E-state index is -0.610. The average molecular weight is 246 g/mol. The van der Waals surface area contributed by atoms with Gasteiger partial charge >= 0.3 is 0 Å². The molecule has 1 aliphatic rings. The smallest absolute Gasteiger partial charge is 0.240 e. The van der Waals surface area contributed by atoms with Crippen LogP contribution in [-0.4, -0.2) is 17.9 Å². The number of amides is 2. The number of rotatable bonds is 5. The molecule has 2 rings (SSSR count). The van der Waals surface area contributed by atoms with Crippen molar-refractivity contribution >= 4 is 11.8 Å². The molecule has 1 aromatic carbocycles. The van der Waals surface area contributed by atoms with Crippen molar-refractivity contribution in [3.8, 4) is 0 Å². The van der Waals surface area contributed by atoms with E-state index >= 15 is 0 Å². The summed E-state index contributed by atoms with van der Waals surface area (Å²) in [5.74, 6) is -0.444. The number of benzene rings is 1. The topological polar surface area (TPSA) is 72.2 Å². The van der Waals surface area contributed by atoms with Crippen LogP contribution in [0.1, 0.15) is 24.0 Å². The lowest BCUT2D eigenvalue weighted by Gasteiger charge is -2.15. The summed E-state index contributed by atoms with van der Waals surface area (Å²) in [6, 6.07) is 7.26. The first-order valence-corrected chi connectivity index (χ1v) is 6.21. The van der Waals surface area contributed by atoms with Gasteiger partial charge < -0.3 is 11.1 Å². The van der Waals surface area contributed by atoms with Crippen molar-refractivity contribution < 1.29 is 9.59 Å². The summed E-state index contributed by atoms with van der Waals surface area (Å²) < 4.78 is 0. The second-order valence-electron chi connectivity index (χ2n) is 4.93. The molecular weight excluding hydrogens is 228 g/mol. The number of hydrogen-bond acceptors (Lipinski definition) is 2.